The van der Waals surface area contributed by atoms with Gasteiger partial charge in [0.15, 0.2) is 5.60 Å². The minimum atomic E-state index is -5.71. The van der Waals surface area contributed by atoms with Gasteiger partial charge in [-0.1, -0.05) is 6.58 Å². The third-order valence-electron chi connectivity index (χ3n) is 2.47. The third-order valence-corrected chi connectivity index (χ3v) is 2.47. The molecule has 0 amide bonds. The summed E-state index contributed by atoms with van der Waals surface area (Å²) in [7, 11) is 0. The number of ether oxygens (including phenoxy) is 2. The van der Waals surface area contributed by atoms with Gasteiger partial charge in [0.05, 0.1) is 0 Å². The van der Waals surface area contributed by atoms with Crippen molar-refractivity contribution < 1.29 is 36.2 Å². The van der Waals surface area contributed by atoms with Gasteiger partial charge >= 0.3 is 18.1 Å². The zero-order valence-electron chi connectivity index (χ0n) is 8.68. The smallest absolute Gasteiger partial charge is 0.456 e. The van der Waals surface area contributed by atoms with Gasteiger partial charge in [-0.15, -0.1) is 0 Å². The number of carbonyl (C=O) groups is 1. The van der Waals surface area contributed by atoms with Crippen molar-refractivity contribution >= 4 is 5.97 Å². The van der Waals surface area contributed by atoms with Crippen LogP contribution < -0.4 is 0 Å². The summed E-state index contributed by atoms with van der Waals surface area (Å²) in [6.45, 7) is 2.98. The van der Waals surface area contributed by atoms with Crippen LogP contribution in [0.1, 0.15) is 6.92 Å². The van der Waals surface area contributed by atoms with Gasteiger partial charge in [-0.25, -0.2) is 4.79 Å². The number of hydrogen-bond donors (Lipinski definition) is 0. The Morgan fingerprint density at radius 1 is 1.47 bits per heavy atom. The Labute approximate surface area is 93.2 Å². The zero-order chi connectivity index (χ0) is 13.5. The van der Waals surface area contributed by atoms with Crippen molar-refractivity contribution in [3.63, 3.8) is 0 Å². The monoisotopic (exact) mass is 260 g/mol. The summed E-state index contributed by atoms with van der Waals surface area (Å²) in [5.74, 6) is -5.91. The van der Waals surface area contributed by atoms with Crippen molar-refractivity contribution in [2.75, 3.05) is 6.61 Å². The maximum absolute atomic E-state index is 12.9. The highest BCUT2D eigenvalue weighted by Crippen LogP contribution is 2.55. The zero-order valence-corrected chi connectivity index (χ0v) is 8.68. The molecule has 0 N–H and O–H groups in total. The molecule has 1 rings (SSSR count). The van der Waals surface area contributed by atoms with Gasteiger partial charge in [0.2, 0.25) is 0 Å². The molecule has 2 atom stereocenters. The van der Waals surface area contributed by atoms with E-state index in [0.29, 0.717) is 6.92 Å². The van der Waals surface area contributed by atoms with Crippen LogP contribution in [0.2, 0.25) is 0 Å². The van der Waals surface area contributed by atoms with Crippen LogP contribution in [-0.2, 0) is 14.3 Å². The largest absolute Gasteiger partial charge is 0.460 e. The summed E-state index contributed by atoms with van der Waals surface area (Å²) in [5.41, 5.74) is -2.69. The first-order valence-corrected chi connectivity index (χ1v) is 4.48. The second kappa shape index (κ2) is 3.94. The normalized spacial score (nSPS) is 28.7. The van der Waals surface area contributed by atoms with Crippen LogP contribution >= 0.6 is 0 Å². The maximum Gasteiger partial charge on any atom is 0.456 e. The van der Waals surface area contributed by atoms with E-state index in [9.17, 15) is 26.7 Å². The molecule has 1 heterocycles. The first-order chi connectivity index (χ1) is 7.56. The molecule has 3 nitrogen and oxygen atoms in total. The summed E-state index contributed by atoms with van der Waals surface area (Å²) in [5, 5.41) is 0. The molecule has 2 unspecified atom stereocenters. The fourth-order valence-electron chi connectivity index (χ4n) is 1.23. The molecule has 1 saturated heterocycles. The third kappa shape index (κ3) is 2.26. The molecule has 0 spiro atoms. The van der Waals surface area contributed by atoms with Crippen molar-refractivity contribution in [2.45, 2.75) is 30.7 Å². The van der Waals surface area contributed by atoms with Crippen molar-refractivity contribution in [2.24, 2.45) is 0 Å². The molecule has 0 aromatic heterocycles. The average Bonchev–Trinajstić information content (AvgIpc) is 2.86. The summed E-state index contributed by atoms with van der Waals surface area (Å²) >= 11 is 0. The number of halogens is 5. The number of epoxide rings is 1. The lowest BCUT2D eigenvalue weighted by Gasteiger charge is -2.23. The summed E-state index contributed by atoms with van der Waals surface area (Å²) in [6, 6.07) is 0. The second-order valence-corrected chi connectivity index (χ2v) is 3.62. The molecule has 0 aliphatic carbocycles. The quantitative estimate of drug-likeness (QED) is 0.336. The minimum Gasteiger partial charge on any atom is -0.460 e. The molecule has 0 aromatic rings. The molecule has 0 bridgehead atoms. The second-order valence-electron chi connectivity index (χ2n) is 3.62. The highest BCUT2D eigenvalue weighted by molar-refractivity contribution is 5.81. The predicted octanol–water partition coefficient (Wildman–Crippen LogP) is 2.07. The first-order valence-electron chi connectivity index (χ1n) is 4.48. The van der Waals surface area contributed by atoms with Crippen molar-refractivity contribution in [3.8, 4) is 0 Å². The van der Waals surface area contributed by atoms with Gasteiger partial charge in [-0.3, -0.25) is 0 Å². The van der Waals surface area contributed by atoms with Crippen LogP contribution in [0.4, 0.5) is 22.0 Å². The standard InChI is InChI=1S/C9H9F5O3/c1-3-6(15)16-4-5-7(2,17-5)8(10,11)9(12,13)14/h3,5H,1,4H2,2H3. The average molecular weight is 260 g/mol. The number of rotatable bonds is 4. The molecule has 0 saturated carbocycles. The maximum atomic E-state index is 12.9. The van der Waals surface area contributed by atoms with E-state index in [0.717, 1.165) is 6.08 Å². The van der Waals surface area contributed by atoms with Gasteiger partial charge in [-0.2, -0.15) is 22.0 Å². The molecule has 0 radical (unpaired) electrons. The van der Waals surface area contributed by atoms with Gasteiger partial charge < -0.3 is 9.47 Å². The molecule has 98 valence electrons. The van der Waals surface area contributed by atoms with Gasteiger partial charge in [0, 0.05) is 6.08 Å². The Morgan fingerprint density at radius 3 is 2.41 bits per heavy atom. The van der Waals surface area contributed by atoms with Crippen LogP contribution in [0.15, 0.2) is 12.7 Å². The van der Waals surface area contributed by atoms with Crippen LogP contribution in [0, 0.1) is 0 Å². The molecular formula is C9H9F5O3. The molecule has 0 aromatic carbocycles. The Balaban J connectivity index is 2.63. The lowest BCUT2D eigenvalue weighted by Crippen LogP contribution is -2.49. The van der Waals surface area contributed by atoms with E-state index < -0.39 is 36.4 Å². The first kappa shape index (κ1) is 13.9. The van der Waals surface area contributed by atoms with Crippen LogP contribution in [-0.4, -0.2) is 36.4 Å². The number of esters is 1. The SMILES string of the molecule is C=CC(=O)OCC1OC1(C)C(F)(F)C(F)(F)F. The molecule has 17 heavy (non-hydrogen) atoms. The van der Waals surface area contributed by atoms with Crippen LogP contribution in [0.5, 0.6) is 0 Å². The topological polar surface area (TPSA) is 38.8 Å². The van der Waals surface area contributed by atoms with E-state index >= 15 is 0 Å². The summed E-state index contributed by atoms with van der Waals surface area (Å²) < 4.78 is 70.7. The molecule has 1 fully saturated rings. The van der Waals surface area contributed by atoms with Crippen molar-refractivity contribution in [1.29, 1.82) is 0 Å². The molecular weight excluding hydrogens is 251 g/mol. The Kier molecular flexibility index (Phi) is 3.21. The van der Waals surface area contributed by atoms with Gasteiger partial charge in [0.25, 0.3) is 0 Å². The highest BCUT2D eigenvalue weighted by atomic mass is 19.4. The summed E-state index contributed by atoms with van der Waals surface area (Å²) in [6.07, 6.45) is -6.43. The van der Waals surface area contributed by atoms with E-state index in [1.165, 1.54) is 0 Å². The van der Waals surface area contributed by atoms with Crippen LogP contribution in [0.3, 0.4) is 0 Å². The van der Waals surface area contributed by atoms with Crippen molar-refractivity contribution in [1.82, 2.24) is 0 Å². The lowest BCUT2D eigenvalue weighted by atomic mass is 9.99. The van der Waals surface area contributed by atoms with Gasteiger partial charge in [0.1, 0.15) is 12.7 Å². The fraction of sp³-hybridized carbons (Fsp3) is 0.667. The van der Waals surface area contributed by atoms with E-state index in [-0.39, 0.29) is 0 Å². The number of alkyl halides is 5. The van der Waals surface area contributed by atoms with E-state index in [4.69, 9.17) is 0 Å². The Hall–Kier alpha value is -1.18. The highest BCUT2D eigenvalue weighted by Gasteiger charge is 2.79. The van der Waals surface area contributed by atoms with Crippen LogP contribution in [0.25, 0.3) is 0 Å². The number of hydrogen-bond acceptors (Lipinski definition) is 3. The predicted molar refractivity (Wildman–Crippen MR) is 45.4 cm³/mol. The lowest BCUT2D eigenvalue weighted by molar-refractivity contribution is -0.303. The van der Waals surface area contributed by atoms with Crippen molar-refractivity contribution in [3.05, 3.63) is 12.7 Å². The van der Waals surface area contributed by atoms with E-state index in [1.54, 1.807) is 0 Å². The van der Waals surface area contributed by atoms with E-state index in [1.807, 2.05) is 0 Å². The molecule has 1 aliphatic rings. The Bertz CT molecular complexity index is 338. The fourth-order valence-corrected chi connectivity index (χ4v) is 1.23. The van der Waals surface area contributed by atoms with E-state index in [2.05, 4.69) is 16.1 Å². The summed E-state index contributed by atoms with van der Waals surface area (Å²) in [4.78, 5) is 10.6. The van der Waals surface area contributed by atoms with Gasteiger partial charge in [-0.05, 0) is 6.92 Å². The molecule has 1 aliphatic heterocycles. The molecule has 8 heteroatoms. The minimum absolute atomic E-state index is 0.618. The Morgan fingerprint density at radius 2 is 2.00 bits per heavy atom. The number of carbonyl (C=O) groups excluding carboxylic acids is 1.